The van der Waals surface area contributed by atoms with Gasteiger partial charge in [0.15, 0.2) is 6.10 Å². The summed E-state index contributed by atoms with van der Waals surface area (Å²) < 4.78 is 5.55. The summed E-state index contributed by atoms with van der Waals surface area (Å²) in [6.07, 6.45) is -0.0811. The minimum Gasteiger partial charge on any atom is -0.481 e. The van der Waals surface area contributed by atoms with Crippen LogP contribution in [0.25, 0.3) is 0 Å². The zero-order valence-electron chi connectivity index (χ0n) is 12.9. The van der Waals surface area contributed by atoms with Crippen molar-refractivity contribution in [3.05, 3.63) is 29.8 Å². The van der Waals surface area contributed by atoms with Gasteiger partial charge in [-0.05, 0) is 37.5 Å². The fraction of sp³-hybridized carbons (Fsp3) is 0.500. The van der Waals surface area contributed by atoms with E-state index < -0.39 is 24.0 Å². The molecule has 0 aliphatic carbocycles. The predicted octanol–water partition coefficient (Wildman–Crippen LogP) is 2.38. The van der Waals surface area contributed by atoms with Crippen molar-refractivity contribution in [2.45, 2.75) is 46.3 Å². The first-order valence-electron chi connectivity index (χ1n) is 7.11. The van der Waals surface area contributed by atoms with Crippen molar-refractivity contribution >= 4 is 11.9 Å². The molecule has 0 bridgehead atoms. The highest BCUT2D eigenvalue weighted by Crippen LogP contribution is 2.15. The topological polar surface area (TPSA) is 75.6 Å². The summed E-state index contributed by atoms with van der Waals surface area (Å²) in [5.74, 6) is -1.00. The number of carboxylic acid groups (broad SMARTS) is 1. The van der Waals surface area contributed by atoms with Gasteiger partial charge in [0.1, 0.15) is 11.8 Å². The van der Waals surface area contributed by atoms with Crippen LogP contribution in [0.1, 0.15) is 32.8 Å². The standard InChI is InChI=1S/C16H23NO4/c1-5-11(3)14(16(19)20)17-15(18)12(4)21-13-8-6-7-10(2)9-13/h6-9,11-12,14H,5H2,1-4H3,(H,17,18)(H,19,20)/t11-,12?,14-/m0/s1. The van der Waals surface area contributed by atoms with Crippen LogP contribution in [0.3, 0.4) is 0 Å². The Hall–Kier alpha value is -2.04. The predicted molar refractivity (Wildman–Crippen MR) is 80.3 cm³/mol. The molecule has 0 radical (unpaired) electrons. The second-order valence-corrected chi connectivity index (χ2v) is 5.29. The SMILES string of the molecule is CC[C@H](C)[C@H](NC(=O)C(C)Oc1cccc(C)c1)C(=O)O. The van der Waals surface area contributed by atoms with Crippen LogP contribution in [0.15, 0.2) is 24.3 Å². The number of aliphatic carboxylic acids is 1. The molecule has 5 nitrogen and oxygen atoms in total. The van der Waals surface area contributed by atoms with Crippen LogP contribution in [0.2, 0.25) is 0 Å². The maximum atomic E-state index is 12.1. The molecule has 0 fully saturated rings. The highest BCUT2D eigenvalue weighted by molar-refractivity contribution is 5.86. The minimum atomic E-state index is -1.03. The second-order valence-electron chi connectivity index (χ2n) is 5.29. The van der Waals surface area contributed by atoms with E-state index in [1.807, 2.05) is 32.0 Å². The lowest BCUT2D eigenvalue weighted by molar-refractivity contribution is -0.144. The number of hydrogen-bond acceptors (Lipinski definition) is 3. The van der Waals surface area contributed by atoms with Crippen LogP contribution in [-0.2, 0) is 9.59 Å². The number of carbonyl (C=O) groups excluding carboxylic acids is 1. The Labute approximate surface area is 125 Å². The molecule has 0 saturated heterocycles. The Bertz CT molecular complexity index is 501. The van der Waals surface area contributed by atoms with E-state index in [0.29, 0.717) is 12.2 Å². The van der Waals surface area contributed by atoms with Gasteiger partial charge in [0.25, 0.3) is 5.91 Å². The fourth-order valence-electron chi connectivity index (χ4n) is 1.90. The Balaban J connectivity index is 2.67. The summed E-state index contributed by atoms with van der Waals surface area (Å²) in [5.41, 5.74) is 1.03. The maximum absolute atomic E-state index is 12.1. The first-order chi connectivity index (χ1) is 9.85. The van der Waals surface area contributed by atoms with Gasteiger partial charge in [0, 0.05) is 0 Å². The summed E-state index contributed by atoms with van der Waals surface area (Å²) in [6, 6.07) is 6.47. The van der Waals surface area contributed by atoms with Crippen LogP contribution >= 0.6 is 0 Å². The Kier molecular flexibility index (Phi) is 6.21. The number of amides is 1. The molecule has 1 unspecified atom stereocenters. The van der Waals surface area contributed by atoms with Crippen molar-refractivity contribution in [3.63, 3.8) is 0 Å². The molecule has 116 valence electrons. The van der Waals surface area contributed by atoms with Gasteiger partial charge in [-0.1, -0.05) is 32.4 Å². The van der Waals surface area contributed by atoms with Crippen molar-refractivity contribution in [2.75, 3.05) is 0 Å². The third-order valence-corrected chi connectivity index (χ3v) is 3.45. The number of carbonyl (C=O) groups is 2. The normalized spacial score (nSPS) is 14.9. The second kappa shape index (κ2) is 7.67. The monoisotopic (exact) mass is 293 g/mol. The highest BCUT2D eigenvalue weighted by atomic mass is 16.5. The van der Waals surface area contributed by atoms with Crippen LogP contribution in [0, 0.1) is 12.8 Å². The number of rotatable bonds is 7. The van der Waals surface area contributed by atoms with Gasteiger partial charge >= 0.3 is 5.97 Å². The first kappa shape index (κ1) is 17.0. The number of ether oxygens (including phenoxy) is 1. The lowest BCUT2D eigenvalue weighted by Crippen LogP contribution is -2.49. The van der Waals surface area contributed by atoms with Crippen LogP contribution in [0.5, 0.6) is 5.75 Å². The number of benzene rings is 1. The molecular weight excluding hydrogens is 270 g/mol. The molecule has 0 spiro atoms. The Morgan fingerprint density at radius 2 is 2.00 bits per heavy atom. The van der Waals surface area contributed by atoms with Gasteiger partial charge in [-0.3, -0.25) is 4.79 Å². The van der Waals surface area contributed by atoms with E-state index >= 15 is 0 Å². The van der Waals surface area contributed by atoms with Gasteiger partial charge < -0.3 is 15.2 Å². The molecule has 1 rings (SSSR count). The zero-order chi connectivity index (χ0) is 16.0. The molecule has 2 N–H and O–H groups in total. The van der Waals surface area contributed by atoms with Crippen molar-refractivity contribution in [2.24, 2.45) is 5.92 Å². The number of hydrogen-bond donors (Lipinski definition) is 2. The van der Waals surface area contributed by atoms with Gasteiger partial charge in [0.05, 0.1) is 0 Å². The van der Waals surface area contributed by atoms with Crippen molar-refractivity contribution in [1.82, 2.24) is 5.32 Å². The molecule has 0 heterocycles. The average molecular weight is 293 g/mol. The Morgan fingerprint density at radius 3 is 2.52 bits per heavy atom. The molecule has 1 amide bonds. The molecule has 0 aliphatic rings. The third-order valence-electron chi connectivity index (χ3n) is 3.45. The number of aryl methyl sites for hydroxylation is 1. The van der Waals surface area contributed by atoms with E-state index in [2.05, 4.69) is 5.32 Å². The van der Waals surface area contributed by atoms with E-state index in [1.54, 1.807) is 19.9 Å². The molecule has 5 heteroatoms. The zero-order valence-corrected chi connectivity index (χ0v) is 12.9. The summed E-state index contributed by atoms with van der Waals surface area (Å²) in [7, 11) is 0. The summed E-state index contributed by atoms with van der Waals surface area (Å²) in [4.78, 5) is 23.3. The lowest BCUT2D eigenvalue weighted by atomic mass is 9.99. The van der Waals surface area contributed by atoms with Crippen LogP contribution < -0.4 is 10.1 Å². The van der Waals surface area contributed by atoms with Crippen molar-refractivity contribution in [1.29, 1.82) is 0 Å². The van der Waals surface area contributed by atoms with Crippen molar-refractivity contribution < 1.29 is 19.4 Å². The molecule has 21 heavy (non-hydrogen) atoms. The molecule has 0 aliphatic heterocycles. The smallest absolute Gasteiger partial charge is 0.326 e. The highest BCUT2D eigenvalue weighted by Gasteiger charge is 2.27. The fourth-order valence-corrected chi connectivity index (χ4v) is 1.90. The van der Waals surface area contributed by atoms with E-state index in [4.69, 9.17) is 4.74 Å². The van der Waals surface area contributed by atoms with Crippen molar-refractivity contribution in [3.8, 4) is 5.75 Å². The molecule has 0 aromatic heterocycles. The lowest BCUT2D eigenvalue weighted by Gasteiger charge is -2.22. The molecule has 1 aromatic carbocycles. The number of nitrogens with one attached hydrogen (secondary N) is 1. The van der Waals surface area contributed by atoms with Gasteiger partial charge in [0.2, 0.25) is 0 Å². The van der Waals surface area contributed by atoms with E-state index in [1.165, 1.54) is 0 Å². The minimum absolute atomic E-state index is 0.141. The molecular formula is C16H23NO4. The third kappa shape index (κ3) is 5.10. The maximum Gasteiger partial charge on any atom is 0.326 e. The summed E-state index contributed by atoms with van der Waals surface area (Å²) >= 11 is 0. The van der Waals surface area contributed by atoms with E-state index in [9.17, 15) is 14.7 Å². The van der Waals surface area contributed by atoms with Gasteiger partial charge in [-0.2, -0.15) is 0 Å². The molecule has 0 saturated carbocycles. The summed E-state index contributed by atoms with van der Waals surface area (Å²) in [5, 5.41) is 11.7. The van der Waals surface area contributed by atoms with Crippen LogP contribution in [0.4, 0.5) is 0 Å². The number of carboxylic acids is 1. The Morgan fingerprint density at radius 1 is 1.33 bits per heavy atom. The first-order valence-corrected chi connectivity index (χ1v) is 7.11. The van der Waals surface area contributed by atoms with Crippen LogP contribution in [-0.4, -0.2) is 29.1 Å². The van der Waals surface area contributed by atoms with E-state index in [-0.39, 0.29) is 5.92 Å². The van der Waals surface area contributed by atoms with E-state index in [0.717, 1.165) is 5.56 Å². The molecule has 1 aromatic rings. The largest absolute Gasteiger partial charge is 0.481 e. The van der Waals surface area contributed by atoms with Gasteiger partial charge in [-0.25, -0.2) is 4.79 Å². The average Bonchev–Trinajstić information content (AvgIpc) is 2.43. The van der Waals surface area contributed by atoms with Gasteiger partial charge in [-0.15, -0.1) is 0 Å². The summed E-state index contributed by atoms with van der Waals surface area (Å²) in [6.45, 7) is 7.22. The quantitative estimate of drug-likeness (QED) is 0.809. The molecule has 3 atom stereocenters.